The van der Waals surface area contributed by atoms with Crippen LogP contribution in [0.3, 0.4) is 0 Å². The van der Waals surface area contributed by atoms with Gasteiger partial charge >= 0.3 is 11.4 Å². The standard InChI is InChI=1S/C14H10FN3O5/c1-8-10(15)3-2-4-11(8)16-14(19)9-5-6-12(17(20)21)13(7-9)18(22)23/h2-7H,1H3,(H,16,19). The molecule has 23 heavy (non-hydrogen) atoms. The Hall–Kier alpha value is -3.36. The molecule has 0 spiro atoms. The largest absolute Gasteiger partial charge is 0.346 e. The summed E-state index contributed by atoms with van der Waals surface area (Å²) in [6.45, 7) is 1.46. The van der Waals surface area contributed by atoms with Crippen molar-refractivity contribution in [3.63, 3.8) is 0 Å². The number of hydrogen-bond donors (Lipinski definition) is 1. The number of carbonyl (C=O) groups excluding carboxylic acids is 1. The van der Waals surface area contributed by atoms with E-state index in [9.17, 15) is 29.4 Å². The van der Waals surface area contributed by atoms with Crippen LogP contribution in [-0.2, 0) is 0 Å². The van der Waals surface area contributed by atoms with E-state index in [0.29, 0.717) is 0 Å². The van der Waals surface area contributed by atoms with Crippen LogP contribution in [0.4, 0.5) is 21.5 Å². The Balaban J connectivity index is 2.36. The smallest absolute Gasteiger partial charge is 0.322 e. The van der Waals surface area contributed by atoms with Crippen molar-refractivity contribution in [3.8, 4) is 0 Å². The Labute approximate surface area is 128 Å². The van der Waals surface area contributed by atoms with Crippen LogP contribution in [-0.4, -0.2) is 15.8 Å². The summed E-state index contributed by atoms with van der Waals surface area (Å²) in [7, 11) is 0. The summed E-state index contributed by atoms with van der Waals surface area (Å²) < 4.78 is 13.4. The second kappa shape index (κ2) is 6.18. The van der Waals surface area contributed by atoms with Gasteiger partial charge in [-0.25, -0.2) is 4.39 Å². The number of anilines is 1. The number of nitro benzene ring substituents is 2. The fourth-order valence-electron chi connectivity index (χ4n) is 1.90. The molecule has 0 atom stereocenters. The fraction of sp³-hybridized carbons (Fsp3) is 0.0714. The number of carbonyl (C=O) groups is 1. The molecule has 9 heteroatoms. The van der Waals surface area contributed by atoms with Crippen molar-refractivity contribution in [1.29, 1.82) is 0 Å². The van der Waals surface area contributed by atoms with Gasteiger partial charge < -0.3 is 5.32 Å². The molecule has 0 aliphatic carbocycles. The molecule has 8 nitrogen and oxygen atoms in total. The molecule has 2 rings (SSSR count). The van der Waals surface area contributed by atoms with Crippen molar-refractivity contribution in [3.05, 3.63) is 73.6 Å². The predicted molar refractivity (Wildman–Crippen MR) is 78.8 cm³/mol. The molecular formula is C14H10FN3O5. The van der Waals surface area contributed by atoms with Gasteiger partial charge in [0.25, 0.3) is 5.91 Å². The van der Waals surface area contributed by atoms with E-state index in [1.54, 1.807) is 0 Å². The lowest BCUT2D eigenvalue weighted by atomic mass is 10.1. The molecule has 0 saturated carbocycles. The van der Waals surface area contributed by atoms with Crippen LogP contribution in [0, 0.1) is 33.0 Å². The highest BCUT2D eigenvalue weighted by Gasteiger charge is 2.25. The molecule has 0 saturated heterocycles. The van der Waals surface area contributed by atoms with E-state index in [0.717, 1.165) is 18.2 Å². The lowest BCUT2D eigenvalue weighted by Crippen LogP contribution is -2.13. The first-order chi connectivity index (χ1) is 10.8. The summed E-state index contributed by atoms with van der Waals surface area (Å²) in [5.41, 5.74) is -1.24. The Morgan fingerprint density at radius 1 is 1.09 bits per heavy atom. The summed E-state index contributed by atoms with van der Waals surface area (Å²) in [6.07, 6.45) is 0. The first-order valence-corrected chi connectivity index (χ1v) is 6.30. The number of nitro groups is 2. The Morgan fingerprint density at radius 2 is 1.74 bits per heavy atom. The minimum Gasteiger partial charge on any atom is -0.322 e. The van der Waals surface area contributed by atoms with E-state index < -0.39 is 32.9 Å². The average molecular weight is 319 g/mol. The summed E-state index contributed by atoms with van der Waals surface area (Å²) in [4.78, 5) is 31.9. The Bertz CT molecular complexity index is 822. The zero-order valence-corrected chi connectivity index (χ0v) is 11.8. The van der Waals surface area contributed by atoms with E-state index in [1.165, 1.54) is 25.1 Å². The van der Waals surface area contributed by atoms with Gasteiger partial charge in [-0.2, -0.15) is 0 Å². The number of hydrogen-bond acceptors (Lipinski definition) is 5. The molecule has 118 valence electrons. The van der Waals surface area contributed by atoms with E-state index in [4.69, 9.17) is 0 Å². The second-order valence-electron chi connectivity index (χ2n) is 4.58. The zero-order chi connectivity index (χ0) is 17.1. The minimum absolute atomic E-state index is 0.147. The number of nitrogens with zero attached hydrogens (tertiary/aromatic N) is 2. The normalized spacial score (nSPS) is 10.2. The molecule has 0 aromatic heterocycles. The molecule has 1 N–H and O–H groups in total. The van der Waals surface area contributed by atoms with Crippen LogP contribution in [0.25, 0.3) is 0 Å². The van der Waals surface area contributed by atoms with E-state index in [-0.39, 0.29) is 16.8 Å². The van der Waals surface area contributed by atoms with Crippen LogP contribution in [0.1, 0.15) is 15.9 Å². The molecular weight excluding hydrogens is 309 g/mol. The monoisotopic (exact) mass is 319 g/mol. The predicted octanol–water partition coefficient (Wildman–Crippen LogP) is 3.20. The highest BCUT2D eigenvalue weighted by atomic mass is 19.1. The highest BCUT2D eigenvalue weighted by molar-refractivity contribution is 6.05. The third-order valence-electron chi connectivity index (χ3n) is 3.15. The van der Waals surface area contributed by atoms with Crippen LogP contribution < -0.4 is 5.32 Å². The van der Waals surface area contributed by atoms with Crippen molar-refractivity contribution in [2.45, 2.75) is 6.92 Å². The maximum atomic E-state index is 13.4. The summed E-state index contributed by atoms with van der Waals surface area (Å²) in [6, 6.07) is 6.87. The Kier molecular flexibility index (Phi) is 4.30. The van der Waals surface area contributed by atoms with Crippen molar-refractivity contribution in [2.75, 3.05) is 5.32 Å². The minimum atomic E-state index is -0.942. The summed E-state index contributed by atoms with van der Waals surface area (Å²) in [5.74, 6) is -1.26. The molecule has 2 aromatic carbocycles. The lowest BCUT2D eigenvalue weighted by molar-refractivity contribution is -0.422. The van der Waals surface area contributed by atoms with Gasteiger partial charge in [-0.3, -0.25) is 25.0 Å². The third-order valence-corrected chi connectivity index (χ3v) is 3.15. The van der Waals surface area contributed by atoms with Crippen LogP contribution in [0.5, 0.6) is 0 Å². The van der Waals surface area contributed by atoms with E-state index in [2.05, 4.69) is 5.32 Å². The first kappa shape index (κ1) is 16.0. The lowest BCUT2D eigenvalue weighted by Gasteiger charge is -2.08. The maximum Gasteiger partial charge on any atom is 0.346 e. The van der Waals surface area contributed by atoms with Gasteiger partial charge in [0.05, 0.1) is 9.85 Å². The molecule has 0 heterocycles. The zero-order valence-electron chi connectivity index (χ0n) is 11.8. The van der Waals surface area contributed by atoms with Crippen LogP contribution in [0.2, 0.25) is 0 Å². The SMILES string of the molecule is Cc1c(F)cccc1NC(=O)c1ccc([N+](=O)[O-])c([N+](=O)[O-])c1. The molecule has 0 radical (unpaired) electrons. The van der Waals surface area contributed by atoms with Gasteiger partial charge in [0.2, 0.25) is 0 Å². The molecule has 0 fully saturated rings. The summed E-state index contributed by atoms with van der Waals surface area (Å²) in [5, 5.41) is 24.0. The van der Waals surface area contributed by atoms with Gasteiger partial charge in [0.15, 0.2) is 0 Å². The van der Waals surface area contributed by atoms with Gasteiger partial charge in [-0.1, -0.05) is 6.07 Å². The molecule has 1 amide bonds. The van der Waals surface area contributed by atoms with E-state index >= 15 is 0 Å². The Morgan fingerprint density at radius 3 is 2.35 bits per heavy atom. The molecule has 0 aliphatic rings. The van der Waals surface area contributed by atoms with Gasteiger partial charge in [-0.05, 0) is 25.1 Å². The van der Waals surface area contributed by atoms with Crippen LogP contribution >= 0.6 is 0 Å². The quantitative estimate of drug-likeness (QED) is 0.686. The first-order valence-electron chi connectivity index (χ1n) is 6.30. The highest BCUT2D eigenvalue weighted by Crippen LogP contribution is 2.28. The third kappa shape index (κ3) is 3.28. The van der Waals surface area contributed by atoms with Crippen molar-refractivity contribution in [2.24, 2.45) is 0 Å². The maximum absolute atomic E-state index is 13.4. The van der Waals surface area contributed by atoms with Gasteiger partial charge in [0, 0.05) is 28.9 Å². The number of benzene rings is 2. The van der Waals surface area contributed by atoms with Crippen LogP contribution in [0.15, 0.2) is 36.4 Å². The number of nitrogens with one attached hydrogen (secondary N) is 1. The topological polar surface area (TPSA) is 115 Å². The molecule has 2 aromatic rings. The van der Waals surface area contributed by atoms with Gasteiger partial charge in [-0.15, -0.1) is 0 Å². The number of rotatable bonds is 4. The second-order valence-corrected chi connectivity index (χ2v) is 4.58. The van der Waals surface area contributed by atoms with Crippen molar-refractivity contribution < 1.29 is 19.0 Å². The van der Waals surface area contributed by atoms with E-state index in [1.807, 2.05) is 0 Å². The fourth-order valence-corrected chi connectivity index (χ4v) is 1.90. The number of amides is 1. The average Bonchev–Trinajstić information content (AvgIpc) is 2.51. The number of halogens is 1. The molecule has 0 aliphatic heterocycles. The van der Waals surface area contributed by atoms with Crippen molar-refractivity contribution >= 4 is 23.0 Å². The molecule has 0 bridgehead atoms. The van der Waals surface area contributed by atoms with Gasteiger partial charge in [0.1, 0.15) is 5.82 Å². The molecule has 0 unspecified atom stereocenters. The summed E-state index contributed by atoms with van der Waals surface area (Å²) >= 11 is 0. The van der Waals surface area contributed by atoms with Crippen molar-refractivity contribution in [1.82, 2.24) is 0 Å².